The number of fused-ring (bicyclic) bond motifs is 5. The minimum atomic E-state index is -0.780. The first kappa shape index (κ1) is 19.2. The number of amides is 1. The number of carboxylic acid groups (broad SMARTS) is 1. The summed E-state index contributed by atoms with van der Waals surface area (Å²) in [5, 5.41) is 16.4. The minimum absolute atomic E-state index is 0.121. The topological polar surface area (TPSA) is 94.6 Å². The molecule has 0 radical (unpaired) electrons. The van der Waals surface area contributed by atoms with Crippen LogP contribution in [-0.4, -0.2) is 56.5 Å². The molecule has 2 saturated heterocycles. The first-order valence-corrected chi connectivity index (χ1v) is 11.1. The van der Waals surface area contributed by atoms with Crippen molar-refractivity contribution in [3.63, 3.8) is 0 Å². The van der Waals surface area contributed by atoms with Crippen LogP contribution in [0, 0.1) is 0 Å². The fourth-order valence-electron chi connectivity index (χ4n) is 5.60. The Morgan fingerprint density at radius 1 is 1.16 bits per heavy atom. The highest BCUT2D eigenvalue weighted by atomic mass is 16.5. The molecule has 5 heterocycles. The van der Waals surface area contributed by atoms with Gasteiger partial charge in [0, 0.05) is 48.1 Å². The van der Waals surface area contributed by atoms with E-state index < -0.39 is 6.09 Å². The number of aromatic amines is 1. The zero-order valence-electron chi connectivity index (χ0n) is 17.9. The second kappa shape index (κ2) is 7.25. The number of ether oxygens (including phenoxy) is 1. The van der Waals surface area contributed by atoms with Gasteiger partial charge in [-0.1, -0.05) is 6.07 Å². The van der Waals surface area contributed by atoms with Gasteiger partial charge in [0.2, 0.25) is 0 Å². The molecule has 8 nitrogen and oxygen atoms in total. The summed E-state index contributed by atoms with van der Waals surface area (Å²) in [5.41, 5.74) is 5.17. The zero-order chi connectivity index (χ0) is 21.8. The Morgan fingerprint density at radius 2 is 1.94 bits per heavy atom. The molecule has 32 heavy (non-hydrogen) atoms. The van der Waals surface area contributed by atoms with Gasteiger partial charge >= 0.3 is 6.09 Å². The largest absolute Gasteiger partial charge is 0.487 e. The van der Waals surface area contributed by atoms with Crippen LogP contribution < -0.4 is 9.64 Å². The Bertz CT molecular complexity index is 1160. The molecule has 164 valence electrons. The molecule has 0 spiro atoms. The van der Waals surface area contributed by atoms with Gasteiger partial charge in [-0.3, -0.25) is 5.10 Å². The summed E-state index contributed by atoms with van der Waals surface area (Å²) in [4.78, 5) is 20.4. The molecule has 1 aromatic carbocycles. The highest BCUT2D eigenvalue weighted by molar-refractivity contribution is 5.79. The molecule has 3 atom stereocenters. The number of nitrogens with zero attached hydrogens (tertiary/aromatic N) is 4. The number of rotatable bonds is 3. The third-order valence-electron chi connectivity index (χ3n) is 7.27. The number of anilines is 1. The fraction of sp³-hybridized carbons (Fsp3) is 0.375. The van der Waals surface area contributed by atoms with E-state index in [0.29, 0.717) is 12.6 Å². The van der Waals surface area contributed by atoms with Crippen LogP contribution in [-0.2, 0) is 6.61 Å². The van der Waals surface area contributed by atoms with Crippen LogP contribution in [0.4, 0.5) is 10.6 Å². The van der Waals surface area contributed by atoms with Crippen molar-refractivity contribution < 1.29 is 14.6 Å². The molecule has 3 aromatic rings. The van der Waals surface area contributed by atoms with E-state index in [2.05, 4.69) is 52.5 Å². The summed E-state index contributed by atoms with van der Waals surface area (Å²) in [6.07, 6.45) is 6.53. The SMILES string of the molecule is CN(c1ccc2c(n1)COc1cc(-c3cn[nH]c3)ccc1-2)C1C[C@H]2CC[C@@H](C1)N2C(=O)O. The maximum Gasteiger partial charge on any atom is 0.407 e. The predicted molar refractivity (Wildman–Crippen MR) is 120 cm³/mol. The summed E-state index contributed by atoms with van der Waals surface area (Å²) >= 11 is 0. The minimum Gasteiger partial charge on any atom is -0.487 e. The first-order chi connectivity index (χ1) is 15.6. The Kier molecular flexibility index (Phi) is 4.34. The van der Waals surface area contributed by atoms with Crippen LogP contribution in [0.15, 0.2) is 42.7 Å². The molecule has 2 fully saturated rings. The molecule has 0 saturated carbocycles. The smallest absolute Gasteiger partial charge is 0.407 e. The van der Waals surface area contributed by atoms with Gasteiger partial charge in [-0.25, -0.2) is 9.78 Å². The molecule has 6 rings (SSSR count). The first-order valence-electron chi connectivity index (χ1n) is 11.1. The Labute approximate surface area is 185 Å². The lowest BCUT2D eigenvalue weighted by atomic mass is 9.96. The second-order valence-corrected chi connectivity index (χ2v) is 8.96. The summed E-state index contributed by atoms with van der Waals surface area (Å²) in [7, 11) is 2.07. The number of piperidine rings is 1. The lowest BCUT2D eigenvalue weighted by Gasteiger charge is -2.41. The van der Waals surface area contributed by atoms with Crippen molar-refractivity contribution in [3.8, 4) is 28.0 Å². The van der Waals surface area contributed by atoms with Gasteiger partial charge in [0.15, 0.2) is 0 Å². The Balaban J connectivity index is 1.25. The number of nitrogens with one attached hydrogen (secondary N) is 1. The third-order valence-corrected chi connectivity index (χ3v) is 7.27. The molecule has 3 aliphatic rings. The number of carbonyl (C=O) groups is 1. The van der Waals surface area contributed by atoms with Crippen LogP contribution in [0.25, 0.3) is 22.3 Å². The van der Waals surface area contributed by atoms with Gasteiger partial charge < -0.3 is 19.6 Å². The van der Waals surface area contributed by atoms with Crippen LogP contribution in [0.1, 0.15) is 31.4 Å². The van der Waals surface area contributed by atoms with Crippen LogP contribution in [0.5, 0.6) is 5.75 Å². The summed E-state index contributed by atoms with van der Waals surface area (Å²) in [6, 6.07) is 11.0. The number of hydrogen-bond acceptors (Lipinski definition) is 5. The van der Waals surface area contributed by atoms with Crippen molar-refractivity contribution >= 4 is 11.9 Å². The maximum atomic E-state index is 11.6. The predicted octanol–water partition coefficient (Wildman–Crippen LogP) is 4.14. The molecule has 2 N–H and O–H groups in total. The lowest BCUT2D eigenvalue weighted by Crippen LogP contribution is -2.51. The molecule has 2 aromatic heterocycles. The number of benzene rings is 1. The quantitative estimate of drug-likeness (QED) is 0.647. The van der Waals surface area contributed by atoms with Crippen molar-refractivity contribution in [2.24, 2.45) is 0 Å². The zero-order valence-corrected chi connectivity index (χ0v) is 17.9. The van der Waals surface area contributed by atoms with Gasteiger partial charge in [-0.15, -0.1) is 0 Å². The Hall–Kier alpha value is -3.55. The van der Waals surface area contributed by atoms with Gasteiger partial charge in [-0.2, -0.15) is 5.10 Å². The van der Waals surface area contributed by atoms with Crippen molar-refractivity contribution in [3.05, 3.63) is 48.4 Å². The van der Waals surface area contributed by atoms with E-state index in [1.54, 1.807) is 11.1 Å². The van der Waals surface area contributed by atoms with E-state index in [1.165, 1.54) is 0 Å². The number of hydrogen-bond donors (Lipinski definition) is 2. The van der Waals surface area contributed by atoms with E-state index in [4.69, 9.17) is 9.72 Å². The average molecular weight is 431 g/mol. The Morgan fingerprint density at radius 3 is 2.66 bits per heavy atom. The van der Waals surface area contributed by atoms with Gasteiger partial charge in [0.05, 0.1) is 11.9 Å². The third kappa shape index (κ3) is 3.01. The van der Waals surface area contributed by atoms with E-state index in [1.807, 2.05) is 6.20 Å². The summed E-state index contributed by atoms with van der Waals surface area (Å²) in [5.74, 6) is 1.77. The van der Waals surface area contributed by atoms with E-state index in [-0.39, 0.29) is 12.1 Å². The molecule has 1 amide bonds. The molecule has 1 unspecified atom stereocenters. The number of H-pyrrole nitrogens is 1. The summed E-state index contributed by atoms with van der Waals surface area (Å²) < 4.78 is 6.07. The molecular formula is C24H25N5O3. The molecule has 8 heteroatoms. The highest BCUT2D eigenvalue weighted by Gasteiger charge is 2.44. The summed E-state index contributed by atoms with van der Waals surface area (Å²) in [6.45, 7) is 0.432. The van der Waals surface area contributed by atoms with Crippen LogP contribution in [0.2, 0.25) is 0 Å². The fourth-order valence-corrected chi connectivity index (χ4v) is 5.60. The van der Waals surface area contributed by atoms with Crippen molar-refractivity contribution in [2.75, 3.05) is 11.9 Å². The van der Waals surface area contributed by atoms with Crippen molar-refractivity contribution in [1.82, 2.24) is 20.1 Å². The highest BCUT2D eigenvalue weighted by Crippen LogP contribution is 2.41. The lowest BCUT2D eigenvalue weighted by molar-refractivity contribution is 0.0965. The van der Waals surface area contributed by atoms with E-state index >= 15 is 0 Å². The van der Waals surface area contributed by atoms with Gasteiger partial charge in [-0.05, 0) is 55.5 Å². The number of pyridine rings is 1. The molecule has 2 bridgehead atoms. The molecule has 0 aliphatic carbocycles. The van der Waals surface area contributed by atoms with E-state index in [0.717, 1.165) is 65.2 Å². The van der Waals surface area contributed by atoms with Crippen molar-refractivity contribution in [1.29, 1.82) is 0 Å². The standard InChI is InChI=1S/C24H25N5O3/c1-28(18-9-16-3-4-17(10-18)29(16)24(30)31)23-7-6-19-20-5-2-14(15-11-25-26-12-15)8-22(20)32-13-21(19)27-23/h2,5-8,11-12,16-18H,3-4,9-10,13H2,1H3,(H,25,26)(H,30,31)/t16-,17+,18?. The average Bonchev–Trinajstić information content (AvgIpc) is 3.44. The van der Waals surface area contributed by atoms with Gasteiger partial charge in [0.25, 0.3) is 0 Å². The van der Waals surface area contributed by atoms with Gasteiger partial charge in [0.1, 0.15) is 18.2 Å². The number of aromatic nitrogens is 3. The maximum absolute atomic E-state index is 11.6. The molecule has 3 aliphatic heterocycles. The second-order valence-electron chi connectivity index (χ2n) is 8.96. The normalized spacial score (nSPS) is 23.3. The molecular weight excluding hydrogens is 406 g/mol. The van der Waals surface area contributed by atoms with E-state index in [9.17, 15) is 9.90 Å². The van der Waals surface area contributed by atoms with Crippen LogP contribution >= 0.6 is 0 Å². The van der Waals surface area contributed by atoms with Crippen molar-refractivity contribution in [2.45, 2.75) is 50.4 Å². The monoisotopic (exact) mass is 431 g/mol. The van der Waals surface area contributed by atoms with Crippen LogP contribution in [0.3, 0.4) is 0 Å².